The van der Waals surface area contributed by atoms with Crippen LogP contribution in [-0.4, -0.2) is 52.4 Å². The van der Waals surface area contributed by atoms with Gasteiger partial charge in [-0.05, 0) is 24.6 Å². The van der Waals surface area contributed by atoms with Crippen molar-refractivity contribution in [3.63, 3.8) is 0 Å². The summed E-state index contributed by atoms with van der Waals surface area (Å²) in [5.74, 6) is 0.377. The summed E-state index contributed by atoms with van der Waals surface area (Å²) in [6, 6.07) is 11.6. The van der Waals surface area contributed by atoms with E-state index in [-0.39, 0.29) is 30.0 Å². The Bertz CT molecular complexity index is 869. The van der Waals surface area contributed by atoms with Crippen molar-refractivity contribution in [3.8, 4) is 5.75 Å². The van der Waals surface area contributed by atoms with Gasteiger partial charge < -0.3 is 25.0 Å². The molecule has 1 aliphatic heterocycles. The summed E-state index contributed by atoms with van der Waals surface area (Å²) in [4.78, 5) is 6.15. The van der Waals surface area contributed by atoms with Crippen LogP contribution in [0.1, 0.15) is 12.0 Å². The molecule has 2 aromatic rings. The number of halogens is 3. The lowest BCUT2D eigenvalue weighted by atomic mass is 10.2. The average Bonchev–Trinajstić information content (AvgIpc) is 3.21. The first kappa shape index (κ1) is 25.1. The van der Waals surface area contributed by atoms with Crippen LogP contribution in [0.15, 0.2) is 47.5 Å². The lowest BCUT2D eigenvalue weighted by molar-refractivity contribution is 0.123. The Kier molecular flexibility index (Phi) is 10.3. The fourth-order valence-corrected chi connectivity index (χ4v) is 3.47. The molecule has 2 aromatic carbocycles. The number of ether oxygens (including phenoxy) is 2. The van der Waals surface area contributed by atoms with E-state index < -0.39 is 11.6 Å². The number of hydrogen-bond donors (Lipinski definition) is 2. The molecule has 0 radical (unpaired) electrons. The topological polar surface area (TPSA) is 58.1 Å². The molecule has 0 saturated carbocycles. The largest absolute Gasteiger partial charge is 0.496 e. The van der Waals surface area contributed by atoms with E-state index in [2.05, 4.69) is 15.6 Å². The van der Waals surface area contributed by atoms with Crippen LogP contribution in [0.5, 0.6) is 5.75 Å². The molecule has 1 atom stereocenters. The second-order valence-electron chi connectivity index (χ2n) is 7.04. The van der Waals surface area contributed by atoms with Gasteiger partial charge in [-0.1, -0.05) is 18.2 Å². The fourth-order valence-electron chi connectivity index (χ4n) is 3.47. The van der Waals surface area contributed by atoms with Crippen LogP contribution >= 0.6 is 24.0 Å². The van der Waals surface area contributed by atoms with Gasteiger partial charge in [0.1, 0.15) is 17.4 Å². The third-order valence-corrected chi connectivity index (χ3v) is 4.99. The highest BCUT2D eigenvalue weighted by molar-refractivity contribution is 14.0. The van der Waals surface area contributed by atoms with Crippen LogP contribution in [-0.2, 0) is 11.3 Å². The van der Waals surface area contributed by atoms with Crippen molar-refractivity contribution in [2.24, 2.45) is 4.99 Å². The van der Waals surface area contributed by atoms with Crippen LogP contribution in [0.3, 0.4) is 0 Å². The molecule has 170 valence electrons. The molecule has 9 heteroatoms. The Hall–Kier alpha value is -2.14. The molecule has 31 heavy (non-hydrogen) atoms. The van der Waals surface area contributed by atoms with E-state index in [1.54, 1.807) is 14.2 Å². The molecule has 0 amide bonds. The van der Waals surface area contributed by atoms with Gasteiger partial charge in [-0.3, -0.25) is 4.99 Å². The second-order valence-corrected chi connectivity index (χ2v) is 7.04. The maximum absolute atomic E-state index is 14.0. The Labute approximate surface area is 199 Å². The standard InChI is InChI=1S/C22H28F2N4O2.HI/c1-25-22(26-10-12-30-15-16-5-3-4-6-21(16)29-2)27-18-9-11-28(14-18)20-8-7-17(23)13-19(20)24;/h3-8,13,18H,9-12,14-15H2,1-2H3,(H2,25,26,27);1H. The molecule has 1 aliphatic rings. The molecule has 1 heterocycles. The number of benzene rings is 2. The molecule has 1 fully saturated rings. The predicted molar refractivity (Wildman–Crippen MR) is 130 cm³/mol. The van der Waals surface area contributed by atoms with Crippen molar-refractivity contribution >= 4 is 35.6 Å². The number of para-hydroxylation sites is 1. The quantitative estimate of drug-likeness (QED) is 0.230. The SMILES string of the molecule is CN=C(NCCOCc1ccccc1OC)NC1CCN(c2ccc(F)cc2F)C1.I. The number of nitrogens with one attached hydrogen (secondary N) is 2. The van der Waals surface area contributed by atoms with Crippen LogP contribution in [0.25, 0.3) is 0 Å². The maximum Gasteiger partial charge on any atom is 0.191 e. The third kappa shape index (κ3) is 7.20. The van der Waals surface area contributed by atoms with E-state index in [4.69, 9.17) is 9.47 Å². The van der Waals surface area contributed by atoms with E-state index in [1.165, 1.54) is 12.1 Å². The summed E-state index contributed by atoms with van der Waals surface area (Å²) in [7, 11) is 3.35. The predicted octanol–water partition coefficient (Wildman–Crippen LogP) is 3.55. The number of rotatable bonds is 8. The van der Waals surface area contributed by atoms with Gasteiger partial charge in [0.15, 0.2) is 5.96 Å². The summed E-state index contributed by atoms with van der Waals surface area (Å²) in [5, 5.41) is 6.57. The first-order valence-electron chi connectivity index (χ1n) is 9.97. The zero-order chi connectivity index (χ0) is 21.3. The summed E-state index contributed by atoms with van der Waals surface area (Å²) >= 11 is 0. The molecule has 0 spiro atoms. The van der Waals surface area contributed by atoms with Gasteiger partial charge in [-0.2, -0.15) is 0 Å². The van der Waals surface area contributed by atoms with Gasteiger partial charge in [0.05, 0.1) is 26.0 Å². The van der Waals surface area contributed by atoms with Crippen molar-refractivity contribution in [2.45, 2.75) is 19.1 Å². The summed E-state index contributed by atoms with van der Waals surface area (Å²) in [6.07, 6.45) is 0.835. The molecule has 6 nitrogen and oxygen atoms in total. The minimum Gasteiger partial charge on any atom is -0.496 e. The molecule has 0 aromatic heterocycles. The third-order valence-electron chi connectivity index (χ3n) is 4.99. The smallest absolute Gasteiger partial charge is 0.191 e. The molecule has 1 unspecified atom stereocenters. The molecule has 2 N–H and O–H groups in total. The van der Waals surface area contributed by atoms with Crippen LogP contribution in [0.4, 0.5) is 14.5 Å². The molecule has 1 saturated heterocycles. The Morgan fingerprint density at radius 1 is 1.23 bits per heavy atom. The summed E-state index contributed by atoms with van der Waals surface area (Å²) in [6.45, 7) is 2.89. The molecule has 0 bridgehead atoms. The van der Waals surface area contributed by atoms with E-state index in [9.17, 15) is 8.78 Å². The number of guanidine groups is 1. The van der Waals surface area contributed by atoms with Gasteiger partial charge in [0.2, 0.25) is 0 Å². The summed E-state index contributed by atoms with van der Waals surface area (Å²) < 4.78 is 38.2. The van der Waals surface area contributed by atoms with E-state index in [1.807, 2.05) is 29.2 Å². The van der Waals surface area contributed by atoms with Crippen LogP contribution < -0.4 is 20.3 Å². The first-order chi connectivity index (χ1) is 14.6. The average molecular weight is 546 g/mol. The number of hydrogen-bond acceptors (Lipinski definition) is 4. The van der Waals surface area contributed by atoms with Gasteiger partial charge in [-0.25, -0.2) is 8.78 Å². The van der Waals surface area contributed by atoms with E-state index in [0.29, 0.717) is 44.5 Å². The highest BCUT2D eigenvalue weighted by atomic mass is 127. The van der Waals surface area contributed by atoms with Gasteiger partial charge in [0, 0.05) is 44.4 Å². The minimum atomic E-state index is -0.567. The Morgan fingerprint density at radius 3 is 2.77 bits per heavy atom. The van der Waals surface area contributed by atoms with Crippen LogP contribution in [0.2, 0.25) is 0 Å². The fraction of sp³-hybridized carbons (Fsp3) is 0.409. The van der Waals surface area contributed by atoms with E-state index in [0.717, 1.165) is 23.8 Å². The lowest BCUT2D eigenvalue weighted by Gasteiger charge is -2.21. The number of nitrogens with zero attached hydrogens (tertiary/aromatic N) is 2. The highest BCUT2D eigenvalue weighted by Gasteiger charge is 2.25. The van der Waals surface area contributed by atoms with Crippen LogP contribution in [0, 0.1) is 11.6 Å². The minimum absolute atomic E-state index is 0. The van der Waals surface area contributed by atoms with Gasteiger partial charge in [-0.15, -0.1) is 24.0 Å². The van der Waals surface area contributed by atoms with E-state index >= 15 is 0 Å². The number of methoxy groups -OCH3 is 1. The van der Waals surface area contributed by atoms with Crippen molar-refractivity contribution in [1.82, 2.24) is 10.6 Å². The van der Waals surface area contributed by atoms with Gasteiger partial charge >= 0.3 is 0 Å². The molecule has 0 aliphatic carbocycles. The molecule has 3 rings (SSSR count). The van der Waals surface area contributed by atoms with Crippen molar-refractivity contribution < 1.29 is 18.3 Å². The first-order valence-corrected chi connectivity index (χ1v) is 9.97. The summed E-state index contributed by atoms with van der Waals surface area (Å²) in [5.41, 5.74) is 1.43. The molecular formula is C22H29F2IN4O2. The highest BCUT2D eigenvalue weighted by Crippen LogP contribution is 2.24. The second kappa shape index (κ2) is 12.7. The maximum atomic E-state index is 14.0. The normalized spacial score (nSPS) is 16.1. The zero-order valence-corrected chi connectivity index (χ0v) is 20.1. The van der Waals surface area contributed by atoms with Crippen molar-refractivity contribution in [2.75, 3.05) is 45.3 Å². The van der Waals surface area contributed by atoms with Crippen molar-refractivity contribution in [3.05, 3.63) is 59.7 Å². The molecular weight excluding hydrogens is 517 g/mol. The zero-order valence-electron chi connectivity index (χ0n) is 17.7. The Balaban J connectivity index is 0.00000341. The monoisotopic (exact) mass is 546 g/mol. The lowest BCUT2D eigenvalue weighted by Crippen LogP contribution is -2.45. The number of aliphatic imine (C=N–C) groups is 1. The van der Waals surface area contributed by atoms with Gasteiger partial charge in [0.25, 0.3) is 0 Å². The number of anilines is 1. The Morgan fingerprint density at radius 2 is 2.03 bits per heavy atom. The van der Waals surface area contributed by atoms with Crippen molar-refractivity contribution in [1.29, 1.82) is 0 Å².